The number of aliphatic hydroxyl groups is 1. The van der Waals surface area contributed by atoms with E-state index in [0.717, 1.165) is 11.1 Å². The fraction of sp³-hybridized carbons (Fsp3) is 0.222. The summed E-state index contributed by atoms with van der Waals surface area (Å²) < 4.78 is 16.3. The van der Waals surface area contributed by atoms with Crippen molar-refractivity contribution in [3.05, 3.63) is 58.4 Å². The van der Waals surface area contributed by atoms with Gasteiger partial charge < -0.3 is 9.67 Å². The Balaban J connectivity index is 1.94. The fourth-order valence-electron chi connectivity index (χ4n) is 3.06. The highest BCUT2D eigenvalue weighted by Crippen LogP contribution is 2.28. The topological polar surface area (TPSA) is 85.3 Å². The average Bonchev–Trinajstić information content (AvgIpc) is 2.98. The third-order valence-electron chi connectivity index (χ3n) is 4.32. The molecule has 26 heavy (non-hydrogen) atoms. The third-order valence-corrected chi connectivity index (χ3v) is 4.32. The zero-order valence-corrected chi connectivity index (χ0v) is 14.1. The van der Waals surface area contributed by atoms with Crippen LogP contribution >= 0.6 is 0 Å². The Morgan fingerprint density at radius 2 is 1.92 bits per heavy atom. The molecule has 0 aliphatic carbocycles. The summed E-state index contributed by atoms with van der Waals surface area (Å²) in [7, 11) is 0. The van der Waals surface area contributed by atoms with Crippen LogP contribution in [0, 0.1) is 12.7 Å². The maximum Gasteiger partial charge on any atom is 0.280 e. The Bertz CT molecular complexity index is 1160. The molecule has 0 saturated heterocycles. The Kier molecular flexibility index (Phi) is 3.96. The van der Waals surface area contributed by atoms with Crippen LogP contribution in [0.5, 0.6) is 0 Å². The third kappa shape index (κ3) is 2.55. The molecular weight excluding hydrogens is 337 g/mol. The van der Waals surface area contributed by atoms with E-state index in [1.54, 1.807) is 28.9 Å². The van der Waals surface area contributed by atoms with Crippen molar-refractivity contribution in [2.75, 3.05) is 6.61 Å². The van der Waals surface area contributed by atoms with E-state index >= 15 is 0 Å². The summed E-state index contributed by atoms with van der Waals surface area (Å²) in [5.74, 6) is -0.317. The Morgan fingerprint density at radius 1 is 1.15 bits per heavy atom. The minimum absolute atomic E-state index is 0.00850. The molecule has 1 N–H and O–H groups in total. The molecule has 3 heterocycles. The molecule has 4 aromatic rings. The summed E-state index contributed by atoms with van der Waals surface area (Å²) in [6.07, 6.45) is 2.15. The van der Waals surface area contributed by atoms with Gasteiger partial charge in [-0.05, 0) is 37.1 Å². The monoisotopic (exact) mass is 353 g/mol. The number of benzene rings is 1. The van der Waals surface area contributed by atoms with Gasteiger partial charge in [0.05, 0.1) is 11.3 Å². The zero-order chi connectivity index (χ0) is 18.3. The van der Waals surface area contributed by atoms with Crippen LogP contribution in [0.3, 0.4) is 0 Å². The number of pyridine rings is 1. The van der Waals surface area contributed by atoms with Crippen molar-refractivity contribution in [2.45, 2.75) is 19.9 Å². The molecule has 0 spiro atoms. The van der Waals surface area contributed by atoms with Gasteiger partial charge in [-0.15, -0.1) is 10.2 Å². The van der Waals surface area contributed by atoms with Crippen molar-refractivity contribution in [1.29, 1.82) is 0 Å². The predicted octanol–water partition coefficient (Wildman–Crippen LogP) is 1.94. The number of nitrogens with zero attached hydrogens (tertiary/aromatic N) is 5. The number of aliphatic hydroxyl groups excluding tert-OH is 1. The molecular formula is C18H16FN5O2. The molecule has 0 radical (unpaired) electrons. The van der Waals surface area contributed by atoms with Crippen LogP contribution in [0.25, 0.3) is 27.8 Å². The molecule has 132 valence electrons. The van der Waals surface area contributed by atoms with Gasteiger partial charge in [-0.1, -0.05) is 12.1 Å². The molecule has 0 bridgehead atoms. The molecule has 8 heteroatoms. The number of hydrogen-bond donors (Lipinski definition) is 1. The number of rotatable bonds is 4. The van der Waals surface area contributed by atoms with Crippen LogP contribution in [0.1, 0.15) is 12.1 Å². The smallest absolute Gasteiger partial charge is 0.280 e. The Labute approximate surface area is 147 Å². The van der Waals surface area contributed by atoms with E-state index in [0.29, 0.717) is 29.8 Å². The first-order valence-electron chi connectivity index (χ1n) is 8.22. The highest BCUT2D eigenvalue weighted by molar-refractivity contribution is 5.84. The van der Waals surface area contributed by atoms with Crippen LogP contribution in [-0.2, 0) is 6.54 Å². The van der Waals surface area contributed by atoms with E-state index in [9.17, 15) is 9.18 Å². The first kappa shape index (κ1) is 16.3. The number of aromatic nitrogens is 5. The van der Waals surface area contributed by atoms with Gasteiger partial charge in [-0.25, -0.2) is 8.91 Å². The molecule has 0 aliphatic heterocycles. The van der Waals surface area contributed by atoms with Crippen LogP contribution < -0.4 is 5.56 Å². The second-order valence-electron chi connectivity index (χ2n) is 6.03. The molecule has 7 nitrogen and oxygen atoms in total. The highest BCUT2D eigenvalue weighted by atomic mass is 19.1. The van der Waals surface area contributed by atoms with Crippen LogP contribution in [-0.4, -0.2) is 36.1 Å². The van der Waals surface area contributed by atoms with E-state index in [1.807, 2.05) is 6.92 Å². The SMILES string of the molecule is Cc1nn2c(nnc3c(=O)n(CCCO)ccc32)c1-c1ccc(F)cc1. The first-order valence-corrected chi connectivity index (χ1v) is 8.22. The minimum atomic E-state index is -0.317. The number of halogens is 1. The summed E-state index contributed by atoms with van der Waals surface area (Å²) in [4.78, 5) is 12.6. The fourth-order valence-corrected chi connectivity index (χ4v) is 3.06. The Morgan fingerprint density at radius 3 is 2.65 bits per heavy atom. The van der Waals surface area contributed by atoms with Gasteiger partial charge in [-0.3, -0.25) is 4.79 Å². The van der Waals surface area contributed by atoms with E-state index in [1.165, 1.54) is 16.7 Å². The first-order chi connectivity index (χ1) is 12.6. The standard InChI is InChI=1S/C18H16FN5O2/c1-11-15(12-3-5-13(19)6-4-12)17-21-20-16-14(24(17)22-11)7-9-23(18(16)26)8-2-10-25/h3-7,9,25H,2,8,10H2,1H3. The number of fused-ring (bicyclic) bond motifs is 3. The van der Waals surface area contributed by atoms with Gasteiger partial charge in [0, 0.05) is 19.3 Å². The molecule has 3 aromatic heterocycles. The summed E-state index contributed by atoms with van der Waals surface area (Å²) >= 11 is 0. The van der Waals surface area contributed by atoms with E-state index in [-0.39, 0.29) is 23.5 Å². The Hall–Kier alpha value is -3.13. The second-order valence-corrected chi connectivity index (χ2v) is 6.03. The zero-order valence-electron chi connectivity index (χ0n) is 14.1. The van der Waals surface area contributed by atoms with E-state index in [2.05, 4.69) is 15.3 Å². The summed E-state index contributed by atoms with van der Waals surface area (Å²) in [5, 5.41) is 21.8. The average molecular weight is 353 g/mol. The second kappa shape index (κ2) is 6.30. The van der Waals surface area contributed by atoms with Gasteiger partial charge in [0.25, 0.3) is 5.56 Å². The van der Waals surface area contributed by atoms with Crippen LogP contribution in [0.15, 0.2) is 41.3 Å². The molecule has 0 saturated carbocycles. The van der Waals surface area contributed by atoms with Crippen LogP contribution in [0.2, 0.25) is 0 Å². The van der Waals surface area contributed by atoms with Crippen molar-refractivity contribution >= 4 is 16.7 Å². The van der Waals surface area contributed by atoms with Gasteiger partial charge >= 0.3 is 0 Å². The van der Waals surface area contributed by atoms with Crippen molar-refractivity contribution in [3.8, 4) is 11.1 Å². The van der Waals surface area contributed by atoms with E-state index < -0.39 is 0 Å². The molecule has 0 atom stereocenters. The molecule has 0 amide bonds. The van der Waals surface area contributed by atoms with Gasteiger partial charge in [0.1, 0.15) is 11.3 Å². The normalized spacial score (nSPS) is 11.5. The lowest BCUT2D eigenvalue weighted by molar-refractivity contribution is 0.279. The predicted molar refractivity (Wildman–Crippen MR) is 94.4 cm³/mol. The highest BCUT2D eigenvalue weighted by Gasteiger charge is 2.17. The maximum absolute atomic E-state index is 13.2. The minimum Gasteiger partial charge on any atom is -0.396 e. The molecule has 0 aliphatic rings. The van der Waals surface area contributed by atoms with Crippen molar-refractivity contribution in [1.82, 2.24) is 24.4 Å². The van der Waals surface area contributed by atoms with E-state index in [4.69, 9.17) is 5.11 Å². The summed E-state index contributed by atoms with van der Waals surface area (Å²) in [6, 6.07) is 7.85. The van der Waals surface area contributed by atoms with Crippen LogP contribution in [0.4, 0.5) is 4.39 Å². The lowest BCUT2D eigenvalue weighted by atomic mass is 10.1. The lowest BCUT2D eigenvalue weighted by Gasteiger charge is -2.06. The van der Waals surface area contributed by atoms with Crippen molar-refractivity contribution in [3.63, 3.8) is 0 Å². The maximum atomic E-state index is 13.2. The van der Waals surface area contributed by atoms with Gasteiger partial charge in [0.15, 0.2) is 11.2 Å². The quantitative estimate of drug-likeness (QED) is 0.606. The van der Waals surface area contributed by atoms with Gasteiger partial charge in [0.2, 0.25) is 0 Å². The lowest BCUT2D eigenvalue weighted by Crippen LogP contribution is -2.22. The molecule has 1 aromatic carbocycles. The molecule has 0 fully saturated rings. The number of aryl methyl sites for hydroxylation is 2. The van der Waals surface area contributed by atoms with Crippen molar-refractivity contribution in [2.24, 2.45) is 0 Å². The number of hydrogen-bond acceptors (Lipinski definition) is 5. The van der Waals surface area contributed by atoms with Crippen molar-refractivity contribution < 1.29 is 9.50 Å². The summed E-state index contributed by atoms with van der Waals surface area (Å²) in [5.41, 5.74) is 3.24. The molecule has 0 unspecified atom stereocenters. The molecule has 4 rings (SSSR count). The van der Waals surface area contributed by atoms with Gasteiger partial charge in [-0.2, -0.15) is 5.10 Å². The largest absolute Gasteiger partial charge is 0.396 e. The summed E-state index contributed by atoms with van der Waals surface area (Å²) in [6.45, 7) is 2.25.